The standard InChI is InChI=1S/C28H42N4O9/c1-4-7-14-38-18-21(40-25(29)35)16-31-23(33)28(6-3,20-12-10-9-11-13-20)24(34)32(27(31)37)17-22(41-26(30)36)19-39-15-8-5-2/h9-13,21-22H,4-8,14-19H2,1-3H3,(H2,29,35)(H2,30,36)/t21-,22-/m0/s1. The molecular weight excluding hydrogens is 536 g/mol. The molecule has 13 nitrogen and oxygen atoms in total. The third-order valence-corrected chi connectivity index (χ3v) is 6.71. The second kappa shape index (κ2) is 16.5. The monoisotopic (exact) mass is 578 g/mol. The molecule has 13 heteroatoms. The summed E-state index contributed by atoms with van der Waals surface area (Å²) >= 11 is 0. The van der Waals surface area contributed by atoms with Gasteiger partial charge in [0.25, 0.3) is 11.8 Å². The fourth-order valence-corrected chi connectivity index (χ4v) is 4.58. The third-order valence-electron chi connectivity index (χ3n) is 6.71. The molecule has 1 fully saturated rings. The Morgan fingerprint density at radius 1 is 0.780 bits per heavy atom. The van der Waals surface area contributed by atoms with E-state index in [1.54, 1.807) is 37.3 Å². The van der Waals surface area contributed by atoms with Gasteiger partial charge in [-0.3, -0.25) is 19.4 Å². The number of unbranched alkanes of at least 4 members (excludes halogenated alkanes) is 2. The maximum Gasteiger partial charge on any atom is 0.404 e. The zero-order valence-electron chi connectivity index (χ0n) is 24.0. The van der Waals surface area contributed by atoms with E-state index in [1.165, 1.54) is 0 Å². The van der Waals surface area contributed by atoms with Crippen molar-refractivity contribution in [1.29, 1.82) is 0 Å². The molecule has 228 valence electrons. The van der Waals surface area contributed by atoms with Gasteiger partial charge < -0.3 is 30.4 Å². The highest BCUT2D eigenvalue weighted by Gasteiger charge is 2.58. The van der Waals surface area contributed by atoms with Crippen LogP contribution in [0.4, 0.5) is 14.4 Å². The second-order valence-corrected chi connectivity index (χ2v) is 9.71. The van der Waals surface area contributed by atoms with Crippen LogP contribution in [0.5, 0.6) is 0 Å². The first kappa shape index (κ1) is 33.5. The zero-order valence-corrected chi connectivity index (χ0v) is 24.0. The number of amides is 6. The number of primary amides is 2. The zero-order chi connectivity index (χ0) is 30.4. The van der Waals surface area contributed by atoms with Gasteiger partial charge in [-0.25, -0.2) is 14.4 Å². The van der Waals surface area contributed by atoms with Gasteiger partial charge in [-0.1, -0.05) is 63.9 Å². The summed E-state index contributed by atoms with van der Waals surface area (Å²) in [6.07, 6.45) is -1.14. The van der Waals surface area contributed by atoms with Crippen molar-refractivity contribution in [1.82, 2.24) is 9.80 Å². The van der Waals surface area contributed by atoms with Crippen LogP contribution in [0.15, 0.2) is 30.3 Å². The van der Waals surface area contributed by atoms with Gasteiger partial charge in [0.15, 0.2) is 5.41 Å². The summed E-state index contributed by atoms with van der Waals surface area (Å²) in [4.78, 5) is 66.9. The van der Waals surface area contributed by atoms with Crippen molar-refractivity contribution in [3.05, 3.63) is 35.9 Å². The molecule has 1 aromatic carbocycles. The van der Waals surface area contributed by atoms with Crippen LogP contribution < -0.4 is 11.5 Å². The van der Waals surface area contributed by atoms with Gasteiger partial charge in [0.1, 0.15) is 12.2 Å². The molecule has 0 spiro atoms. The molecule has 1 aliphatic heterocycles. The lowest BCUT2D eigenvalue weighted by atomic mass is 9.74. The number of rotatable bonds is 18. The molecule has 4 N–H and O–H groups in total. The second-order valence-electron chi connectivity index (χ2n) is 9.71. The molecule has 1 aromatic rings. The van der Waals surface area contributed by atoms with E-state index in [4.69, 9.17) is 30.4 Å². The van der Waals surface area contributed by atoms with E-state index in [-0.39, 0.29) is 19.6 Å². The Bertz CT molecular complexity index is 981. The molecule has 2 atom stereocenters. The summed E-state index contributed by atoms with van der Waals surface area (Å²) < 4.78 is 21.5. The van der Waals surface area contributed by atoms with E-state index in [2.05, 4.69) is 0 Å². The Kier molecular flexibility index (Phi) is 13.5. The largest absolute Gasteiger partial charge is 0.442 e. The molecule has 1 aliphatic rings. The van der Waals surface area contributed by atoms with Crippen LogP contribution in [0.25, 0.3) is 0 Å². The van der Waals surface area contributed by atoms with Crippen molar-refractivity contribution in [2.45, 2.75) is 70.5 Å². The fraction of sp³-hybridized carbons (Fsp3) is 0.607. The first-order valence-corrected chi connectivity index (χ1v) is 13.9. The molecule has 0 saturated carbocycles. The van der Waals surface area contributed by atoms with Gasteiger partial charge in [-0.05, 0) is 24.8 Å². The molecule has 0 aliphatic carbocycles. The van der Waals surface area contributed by atoms with Gasteiger partial charge in [-0.2, -0.15) is 0 Å². The minimum Gasteiger partial charge on any atom is -0.442 e. The van der Waals surface area contributed by atoms with Gasteiger partial charge in [0.05, 0.1) is 26.3 Å². The van der Waals surface area contributed by atoms with Crippen molar-refractivity contribution in [3.63, 3.8) is 0 Å². The predicted molar refractivity (Wildman–Crippen MR) is 148 cm³/mol. The first-order chi connectivity index (χ1) is 19.6. The van der Waals surface area contributed by atoms with E-state index in [1.807, 2.05) is 13.8 Å². The summed E-state index contributed by atoms with van der Waals surface area (Å²) in [5.74, 6) is -1.56. The normalized spacial score (nSPS) is 16.4. The number of nitrogens with zero attached hydrogens (tertiary/aromatic N) is 2. The summed E-state index contributed by atoms with van der Waals surface area (Å²) in [6.45, 7) is 5.27. The fourth-order valence-electron chi connectivity index (χ4n) is 4.58. The Morgan fingerprint density at radius 3 is 1.59 bits per heavy atom. The molecule has 2 rings (SSSR count). The van der Waals surface area contributed by atoms with Crippen LogP contribution in [0.2, 0.25) is 0 Å². The van der Waals surface area contributed by atoms with Crippen molar-refractivity contribution < 1.29 is 42.9 Å². The summed E-state index contributed by atoms with van der Waals surface area (Å²) in [5.41, 5.74) is 9.10. The van der Waals surface area contributed by atoms with Crippen molar-refractivity contribution >= 4 is 30.0 Å². The number of urea groups is 1. The van der Waals surface area contributed by atoms with Crippen molar-refractivity contribution in [2.24, 2.45) is 11.5 Å². The SMILES string of the molecule is CCCCOC[C@H](CN1C(=O)N(C[C@@H](COCCCC)OC(N)=O)C(=O)C(CC)(c2ccccc2)C1=O)OC(N)=O. The average molecular weight is 579 g/mol. The lowest BCUT2D eigenvalue weighted by Crippen LogP contribution is -2.69. The molecule has 6 amide bonds. The van der Waals surface area contributed by atoms with Crippen LogP contribution in [-0.2, 0) is 34.0 Å². The highest BCUT2D eigenvalue weighted by atomic mass is 16.6. The van der Waals surface area contributed by atoms with Crippen LogP contribution in [-0.4, -0.2) is 91.6 Å². The minimum absolute atomic E-state index is 0.0116. The highest BCUT2D eigenvalue weighted by molar-refractivity contribution is 6.22. The number of hydrogen-bond donors (Lipinski definition) is 2. The summed E-state index contributed by atoms with van der Waals surface area (Å²) in [7, 11) is 0. The van der Waals surface area contributed by atoms with Crippen LogP contribution >= 0.6 is 0 Å². The number of hydrogen-bond acceptors (Lipinski definition) is 9. The molecule has 0 unspecified atom stereocenters. The molecule has 0 bridgehead atoms. The van der Waals surface area contributed by atoms with E-state index in [9.17, 15) is 24.0 Å². The maximum absolute atomic E-state index is 14.1. The molecule has 0 aromatic heterocycles. The van der Waals surface area contributed by atoms with Crippen LogP contribution in [0.1, 0.15) is 58.4 Å². The van der Waals surface area contributed by atoms with E-state index in [0.29, 0.717) is 18.8 Å². The lowest BCUT2D eigenvalue weighted by molar-refractivity contribution is -0.155. The van der Waals surface area contributed by atoms with E-state index >= 15 is 0 Å². The number of barbiturate groups is 1. The number of carbonyl (C=O) groups excluding carboxylic acids is 5. The van der Waals surface area contributed by atoms with Crippen LogP contribution in [0, 0.1) is 0 Å². The summed E-state index contributed by atoms with van der Waals surface area (Å²) in [6, 6.07) is 7.38. The highest BCUT2D eigenvalue weighted by Crippen LogP contribution is 2.37. The molecular formula is C28H42N4O9. The Labute approximate surface area is 240 Å². The minimum atomic E-state index is -1.78. The van der Waals surface area contributed by atoms with Crippen molar-refractivity contribution in [3.8, 4) is 0 Å². The quantitative estimate of drug-likeness (QED) is 0.195. The Balaban J connectivity index is 2.49. The molecule has 41 heavy (non-hydrogen) atoms. The molecule has 0 radical (unpaired) electrons. The Hall–Kier alpha value is -3.71. The molecule has 1 saturated heterocycles. The first-order valence-electron chi connectivity index (χ1n) is 13.9. The van der Waals surface area contributed by atoms with E-state index < -0.39 is 60.7 Å². The third kappa shape index (κ3) is 8.89. The van der Waals surface area contributed by atoms with Gasteiger partial charge >= 0.3 is 18.2 Å². The Morgan fingerprint density at radius 2 is 1.22 bits per heavy atom. The number of nitrogens with two attached hydrogens (primary N) is 2. The number of ether oxygens (including phenoxy) is 4. The average Bonchev–Trinajstić information content (AvgIpc) is 2.94. The van der Waals surface area contributed by atoms with Crippen molar-refractivity contribution in [2.75, 3.05) is 39.5 Å². The molecule has 1 heterocycles. The number of imide groups is 2. The summed E-state index contributed by atoms with van der Waals surface area (Å²) in [5, 5.41) is 0. The number of carbonyl (C=O) groups is 5. The predicted octanol–water partition coefficient (Wildman–Crippen LogP) is 2.69. The van der Waals surface area contributed by atoms with Gasteiger partial charge in [0.2, 0.25) is 0 Å². The van der Waals surface area contributed by atoms with Gasteiger partial charge in [0, 0.05) is 13.2 Å². The maximum atomic E-state index is 14.1. The lowest BCUT2D eigenvalue weighted by Gasteiger charge is -2.45. The number of benzene rings is 1. The van der Waals surface area contributed by atoms with Crippen LogP contribution in [0.3, 0.4) is 0 Å². The van der Waals surface area contributed by atoms with Gasteiger partial charge in [-0.15, -0.1) is 0 Å². The topological polar surface area (TPSA) is 181 Å². The smallest absolute Gasteiger partial charge is 0.404 e. The van der Waals surface area contributed by atoms with E-state index in [0.717, 1.165) is 35.5 Å².